The molecule has 0 fully saturated rings. The number of carbonyl (C=O) groups is 1. The number of aryl methyl sites for hydroxylation is 1. The molecule has 0 aromatic carbocycles. The van der Waals surface area contributed by atoms with E-state index in [1.54, 1.807) is 6.92 Å². The molecule has 0 aliphatic heterocycles. The van der Waals surface area contributed by atoms with Crippen molar-refractivity contribution in [3.8, 4) is 0 Å². The Kier molecular flexibility index (Phi) is 5.61. The number of aliphatic carboxylic acids is 1. The fourth-order valence-corrected chi connectivity index (χ4v) is 2.42. The van der Waals surface area contributed by atoms with E-state index >= 15 is 0 Å². The van der Waals surface area contributed by atoms with E-state index in [1.165, 1.54) is 11.8 Å². The predicted octanol–water partition coefficient (Wildman–Crippen LogP) is 1.44. The van der Waals surface area contributed by atoms with Gasteiger partial charge in [0.2, 0.25) is 5.16 Å². The number of carboxylic acids is 1. The SMILES string of the molecule is CCNC(C)(CCCSc1n[nH]c(C)n1)C(=O)O. The van der Waals surface area contributed by atoms with Gasteiger partial charge >= 0.3 is 5.97 Å². The molecule has 0 amide bonds. The smallest absolute Gasteiger partial charge is 0.323 e. The first-order chi connectivity index (χ1) is 8.48. The maximum absolute atomic E-state index is 11.2. The van der Waals surface area contributed by atoms with Gasteiger partial charge in [-0.1, -0.05) is 18.7 Å². The average Bonchev–Trinajstić information content (AvgIpc) is 2.71. The Bertz CT molecular complexity index is 396. The van der Waals surface area contributed by atoms with Gasteiger partial charge in [-0.3, -0.25) is 9.89 Å². The van der Waals surface area contributed by atoms with Crippen LogP contribution in [-0.2, 0) is 4.79 Å². The van der Waals surface area contributed by atoms with Crippen LogP contribution in [0, 0.1) is 6.92 Å². The van der Waals surface area contributed by atoms with E-state index < -0.39 is 11.5 Å². The normalized spacial score (nSPS) is 14.4. The molecule has 18 heavy (non-hydrogen) atoms. The number of aromatic amines is 1. The quantitative estimate of drug-likeness (QED) is 0.490. The molecule has 3 N–H and O–H groups in total. The van der Waals surface area contributed by atoms with Gasteiger partial charge in [0.05, 0.1) is 0 Å². The lowest BCUT2D eigenvalue weighted by Crippen LogP contribution is -2.49. The standard InChI is InChI=1S/C11H20N4O2S/c1-4-12-11(3,9(16)17)6-5-7-18-10-13-8(2)14-15-10/h12H,4-7H2,1-3H3,(H,16,17)(H,13,14,15). The van der Waals surface area contributed by atoms with Gasteiger partial charge < -0.3 is 10.4 Å². The van der Waals surface area contributed by atoms with Crippen molar-refractivity contribution in [3.63, 3.8) is 0 Å². The minimum Gasteiger partial charge on any atom is -0.480 e. The monoisotopic (exact) mass is 272 g/mol. The van der Waals surface area contributed by atoms with E-state index in [2.05, 4.69) is 20.5 Å². The first-order valence-electron chi connectivity index (χ1n) is 5.98. The molecule has 6 nitrogen and oxygen atoms in total. The van der Waals surface area contributed by atoms with Crippen molar-refractivity contribution in [1.82, 2.24) is 20.5 Å². The summed E-state index contributed by atoms with van der Waals surface area (Å²) >= 11 is 1.54. The highest BCUT2D eigenvalue weighted by molar-refractivity contribution is 7.99. The van der Waals surface area contributed by atoms with Crippen LogP contribution < -0.4 is 5.32 Å². The lowest BCUT2D eigenvalue weighted by Gasteiger charge is -2.25. The van der Waals surface area contributed by atoms with Gasteiger partial charge in [0.25, 0.3) is 0 Å². The lowest BCUT2D eigenvalue weighted by atomic mass is 9.96. The summed E-state index contributed by atoms with van der Waals surface area (Å²) in [6, 6.07) is 0. The molecule has 0 saturated carbocycles. The number of nitrogens with zero attached hydrogens (tertiary/aromatic N) is 2. The van der Waals surface area contributed by atoms with Crippen LogP contribution in [0.25, 0.3) is 0 Å². The minimum atomic E-state index is -0.843. The van der Waals surface area contributed by atoms with Crippen molar-refractivity contribution < 1.29 is 9.90 Å². The van der Waals surface area contributed by atoms with Gasteiger partial charge in [-0.15, -0.1) is 5.10 Å². The largest absolute Gasteiger partial charge is 0.480 e. The molecule has 0 aliphatic carbocycles. The second-order valence-corrected chi connectivity index (χ2v) is 5.39. The second-order valence-electron chi connectivity index (χ2n) is 4.32. The molecule has 0 aliphatic rings. The number of hydrogen-bond acceptors (Lipinski definition) is 5. The lowest BCUT2D eigenvalue weighted by molar-refractivity contribution is -0.144. The molecule has 0 radical (unpaired) electrons. The summed E-state index contributed by atoms with van der Waals surface area (Å²) in [6.07, 6.45) is 1.39. The zero-order valence-electron chi connectivity index (χ0n) is 11.0. The molecule has 7 heteroatoms. The molecule has 0 saturated heterocycles. The topological polar surface area (TPSA) is 90.9 Å². The van der Waals surface area contributed by atoms with Crippen LogP contribution in [-0.4, -0.2) is 44.1 Å². The number of thioether (sulfide) groups is 1. The molecule has 1 unspecified atom stereocenters. The number of carboxylic acid groups (broad SMARTS) is 1. The maximum atomic E-state index is 11.2. The average molecular weight is 272 g/mol. The van der Waals surface area contributed by atoms with Gasteiger partial charge in [-0.2, -0.15) is 0 Å². The van der Waals surface area contributed by atoms with Crippen LogP contribution >= 0.6 is 11.8 Å². The third kappa shape index (κ3) is 4.30. The van der Waals surface area contributed by atoms with Gasteiger partial charge in [0.1, 0.15) is 11.4 Å². The number of H-pyrrole nitrogens is 1. The van der Waals surface area contributed by atoms with E-state index in [0.717, 1.165) is 18.0 Å². The van der Waals surface area contributed by atoms with E-state index in [4.69, 9.17) is 0 Å². The summed E-state index contributed by atoms with van der Waals surface area (Å²) in [5.74, 6) is 0.801. The van der Waals surface area contributed by atoms with E-state index in [0.29, 0.717) is 18.1 Å². The van der Waals surface area contributed by atoms with Crippen molar-refractivity contribution in [2.75, 3.05) is 12.3 Å². The Balaban J connectivity index is 2.33. The Morgan fingerprint density at radius 1 is 1.61 bits per heavy atom. The van der Waals surface area contributed by atoms with Gasteiger partial charge in [-0.25, -0.2) is 4.98 Å². The van der Waals surface area contributed by atoms with Crippen molar-refractivity contribution in [1.29, 1.82) is 0 Å². The van der Waals surface area contributed by atoms with Crippen LogP contribution in [0.2, 0.25) is 0 Å². The fraction of sp³-hybridized carbons (Fsp3) is 0.727. The molecule has 1 aromatic heterocycles. The third-order valence-corrected chi connectivity index (χ3v) is 3.60. The third-order valence-electron chi connectivity index (χ3n) is 2.67. The first-order valence-corrected chi connectivity index (χ1v) is 6.96. The maximum Gasteiger partial charge on any atom is 0.323 e. The van der Waals surface area contributed by atoms with Crippen LogP contribution in [0.3, 0.4) is 0 Å². The zero-order valence-corrected chi connectivity index (χ0v) is 11.8. The van der Waals surface area contributed by atoms with E-state index in [-0.39, 0.29) is 0 Å². The molecule has 0 spiro atoms. The number of nitrogens with one attached hydrogen (secondary N) is 2. The molecule has 1 atom stereocenters. The van der Waals surface area contributed by atoms with Crippen molar-refractivity contribution in [2.24, 2.45) is 0 Å². The molecule has 1 rings (SSSR count). The summed E-state index contributed by atoms with van der Waals surface area (Å²) in [7, 11) is 0. The van der Waals surface area contributed by atoms with Crippen LogP contribution in [0.1, 0.15) is 32.5 Å². The Hall–Kier alpha value is -1.08. The summed E-state index contributed by atoms with van der Waals surface area (Å²) in [5, 5.41) is 19.7. The van der Waals surface area contributed by atoms with E-state index in [1.807, 2.05) is 13.8 Å². The first kappa shape index (κ1) is 15.0. The van der Waals surface area contributed by atoms with Crippen molar-refractivity contribution in [3.05, 3.63) is 5.82 Å². The summed E-state index contributed by atoms with van der Waals surface area (Å²) in [6.45, 7) is 6.13. The van der Waals surface area contributed by atoms with Crippen LogP contribution in [0.15, 0.2) is 5.16 Å². The molecular formula is C11H20N4O2S. The summed E-state index contributed by atoms with van der Waals surface area (Å²) < 4.78 is 0. The zero-order chi connectivity index (χ0) is 13.6. The predicted molar refractivity (Wildman–Crippen MR) is 70.8 cm³/mol. The summed E-state index contributed by atoms with van der Waals surface area (Å²) in [5.41, 5.74) is -0.843. The highest BCUT2D eigenvalue weighted by atomic mass is 32.2. The summed E-state index contributed by atoms with van der Waals surface area (Å²) in [4.78, 5) is 15.4. The van der Waals surface area contributed by atoms with Crippen molar-refractivity contribution in [2.45, 2.75) is 44.3 Å². The number of aromatic nitrogens is 3. The van der Waals surface area contributed by atoms with Gasteiger partial charge in [0, 0.05) is 5.75 Å². The highest BCUT2D eigenvalue weighted by Crippen LogP contribution is 2.18. The van der Waals surface area contributed by atoms with Crippen LogP contribution in [0.5, 0.6) is 0 Å². The number of hydrogen-bond donors (Lipinski definition) is 3. The van der Waals surface area contributed by atoms with Crippen LogP contribution in [0.4, 0.5) is 0 Å². The Morgan fingerprint density at radius 3 is 2.83 bits per heavy atom. The second kappa shape index (κ2) is 6.75. The van der Waals surface area contributed by atoms with Gasteiger partial charge in [-0.05, 0) is 33.2 Å². The number of rotatable bonds is 8. The molecule has 1 aromatic rings. The fourth-order valence-electron chi connectivity index (χ4n) is 1.64. The Labute approximate surface area is 111 Å². The highest BCUT2D eigenvalue weighted by Gasteiger charge is 2.31. The number of likely N-dealkylation sites (N-methyl/N-ethyl adjacent to an activating group) is 1. The molecule has 102 valence electrons. The molecular weight excluding hydrogens is 252 g/mol. The molecule has 0 bridgehead atoms. The van der Waals surface area contributed by atoms with Crippen molar-refractivity contribution >= 4 is 17.7 Å². The minimum absolute atomic E-state index is 0.590. The molecule has 1 heterocycles. The van der Waals surface area contributed by atoms with E-state index in [9.17, 15) is 9.90 Å². The Morgan fingerprint density at radius 2 is 2.33 bits per heavy atom. The van der Waals surface area contributed by atoms with Gasteiger partial charge in [0.15, 0.2) is 0 Å².